The van der Waals surface area contributed by atoms with E-state index in [4.69, 9.17) is 0 Å². The van der Waals surface area contributed by atoms with Crippen molar-refractivity contribution in [1.29, 1.82) is 0 Å². The van der Waals surface area contributed by atoms with Crippen LogP contribution in [0.3, 0.4) is 0 Å². The summed E-state index contributed by atoms with van der Waals surface area (Å²) in [7, 11) is 2.23. The third-order valence-electron chi connectivity index (χ3n) is 3.49. The summed E-state index contributed by atoms with van der Waals surface area (Å²) in [6.45, 7) is 3.40. The SMILES string of the molecule is CSCCC(C)N(C)CC(CS)c1ccccc1. The van der Waals surface area contributed by atoms with Gasteiger partial charge in [-0.1, -0.05) is 30.3 Å². The fraction of sp³-hybridized carbons (Fsp3) is 0.600. The number of nitrogens with zero attached hydrogens (tertiary/aromatic N) is 1. The van der Waals surface area contributed by atoms with Crippen LogP contribution in [0.1, 0.15) is 24.8 Å². The molecule has 1 aromatic carbocycles. The number of rotatable bonds is 8. The number of thioether (sulfide) groups is 1. The highest BCUT2D eigenvalue weighted by molar-refractivity contribution is 7.98. The van der Waals surface area contributed by atoms with Crippen molar-refractivity contribution in [3.05, 3.63) is 35.9 Å². The standard InChI is InChI=1S/C15H25NS2/c1-13(9-10-18-3)16(2)11-15(12-17)14-7-5-4-6-8-14/h4-8,13,15,17H,9-12H2,1-3H3. The van der Waals surface area contributed by atoms with Gasteiger partial charge in [0.1, 0.15) is 0 Å². The van der Waals surface area contributed by atoms with Crippen LogP contribution in [0.4, 0.5) is 0 Å². The van der Waals surface area contributed by atoms with E-state index in [0.717, 1.165) is 12.3 Å². The molecule has 1 rings (SSSR count). The van der Waals surface area contributed by atoms with Gasteiger partial charge in [0.05, 0.1) is 0 Å². The van der Waals surface area contributed by atoms with Crippen LogP contribution >= 0.6 is 24.4 Å². The first kappa shape index (κ1) is 15.9. The zero-order valence-electron chi connectivity index (χ0n) is 11.7. The van der Waals surface area contributed by atoms with Gasteiger partial charge in [-0.2, -0.15) is 24.4 Å². The zero-order valence-corrected chi connectivity index (χ0v) is 13.4. The molecule has 0 radical (unpaired) electrons. The van der Waals surface area contributed by atoms with Crippen molar-refractivity contribution in [2.75, 3.05) is 31.4 Å². The lowest BCUT2D eigenvalue weighted by atomic mass is 10.00. The summed E-state index contributed by atoms with van der Waals surface area (Å²) < 4.78 is 0. The fourth-order valence-electron chi connectivity index (χ4n) is 2.03. The first-order valence-electron chi connectivity index (χ1n) is 6.54. The molecule has 3 heteroatoms. The smallest absolute Gasteiger partial charge is 0.00719 e. The Morgan fingerprint density at radius 3 is 2.50 bits per heavy atom. The number of likely N-dealkylation sites (N-methyl/N-ethyl adjacent to an activating group) is 1. The van der Waals surface area contributed by atoms with Crippen LogP contribution in [0.15, 0.2) is 30.3 Å². The fourth-order valence-corrected chi connectivity index (χ4v) is 2.93. The Hall–Kier alpha value is -0.120. The van der Waals surface area contributed by atoms with E-state index in [2.05, 4.69) is 68.1 Å². The predicted octanol–water partition coefficient (Wildman–Crippen LogP) is 3.77. The van der Waals surface area contributed by atoms with E-state index in [-0.39, 0.29) is 0 Å². The Kier molecular flexibility index (Phi) is 7.87. The van der Waals surface area contributed by atoms with Crippen LogP contribution in [-0.4, -0.2) is 42.3 Å². The maximum Gasteiger partial charge on any atom is 0.00719 e. The van der Waals surface area contributed by atoms with Crippen LogP contribution in [-0.2, 0) is 0 Å². The van der Waals surface area contributed by atoms with E-state index in [0.29, 0.717) is 12.0 Å². The Balaban J connectivity index is 2.52. The molecule has 102 valence electrons. The number of hydrogen-bond acceptors (Lipinski definition) is 3. The summed E-state index contributed by atoms with van der Waals surface area (Å²) in [4.78, 5) is 2.46. The summed E-state index contributed by atoms with van der Waals surface area (Å²) in [5.41, 5.74) is 1.40. The molecule has 0 bridgehead atoms. The van der Waals surface area contributed by atoms with Crippen LogP contribution in [0.25, 0.3) is 0 Å². The molecule has 18 heavy (non-hydrogen) atoms. The lowest BCUT2D eigenvalue weighted by molar-refractivity contribution is 0.243. The van der Waals surface area contributed by atoms with Crippen molar-refractivity contribution < 1.29 is 0 Å². The van der Waals surface area contributed by atoms with Crippen molar-refractivity contribution in [3.8, 4) is 0 Å². The molecule has 0 aromatic heterocycles. The van der Waals surface area contributed by atoms with Gasteiger partial charge in [0.2, 0.25) is 0 Å². The molecule has 1 aromatic rings. The highest BCUT2D eigenvalue weighted by Crippen LogP contribution is 2.19. The lowest BCUT2D eigenvalue weighted by Gasteiger charge is -2.28. The minimum absolute atomic E-state index is 0.524. The quantitative estimate of drug-likeness (QED) is 0.723. The lowest BCUT2D eigenvalue weighted by Crippen LogP contribution is -2.33. The maximum absolute atomic E-state index is 4.51. The highest BCUT2D eigenvalue weighted by atomic mass is 32.2. The Morgan fingerprint density at radius 1 is 1.28 bits per heavy atom. The van der Waals surface area contributed by atoms with Gasteiger partial charge in [-0.3, -0.25) is 0 Å². The molecule has 2 unspecified atom stereocenters. The molecule has 0 fully saturated rings. The van der Waals surface area contributed by atoms with Crippen molar-refractivity contribution in [2.45, 2.75) is 25.3 Å². The molecule has 0 heterocycles. The Bertz CT molecular complexity index is 316. The molecule has 0 aliphatic heterocycles. The molecular formula is C15H25NS2. The first-order chi connectivity index (χ1) is 8.69. The molecule has 0 aliphatic rings. The van der Waals surface area contributed by atoms with Gasteiger partial charge in [-0.25, -0.2) is 0 Å². The second-order valence-electron chi connectivity index (χ2n) is 4.86. The van der Waals surface area contributed by atoms with E-state index in [1.165, 1.54) is 17.7 Å². The van der Waals surface area contributed by atoms with Crippen LogP contribution < -0.4 is 0 Å². The molecule has 0 spiro atoms. The second-order valence-corrected chi connectivity index (χ2v) is 6.21. The van der Waals surface area contributed by atoms with Gasteiger partial charge in [0, 0.05) is 18.5 Å². The highest BCUT2D eigenvalue weighted by Gasteiger charge is 2.15. The molecule has 0 aliphatic carbocycles. The molecule has 2 atom stereocenters. The molecular weight excluding hydrogens is 258 g/mol. The average Bonchev–Trinajstić information content (AvgIpc) is 2.42. The molecule has 0 amide bonds. The summed E-state index contributed by atoms with van der Waals surface area (Å²) in [5, 5.41) is 0. The first-order valence-corrected chi connectivity index (χ1v) is 8.56. The van der Waals surface area contributed by atoms with Gasteiger partial charge in [-0.05, 0) is 43.7 Å². The van der Waals surface area contributed by atoms with Gasteiger partial charge in [0.15, 0.2) is 0 Å². The number of benzene rings is 1. The van der Waals surface area contributed by atoms with E-state index in [1.807, 2.05) is 11.8 Å². The average molecular weight is 284 g/mol. The maximum atomic E-state index is 4.51. The summed E-state index contributed by atoms with van der Waals surface area (Å²) in [5.74, 6) is 2.67. The largest absolute Gasteiger partial charge is 0.303 e. The summed E-state index contributed by atoms with van der Waals surface area (Å²) in [6.07, 6.45) is 3.43. The zero-order chi connectivity index (χ0) is 13.4. The molecule has 1 nitrogen and oxygen atoms in total. The number of thiol groups is 1. The van der Waals surface area contributed by atoms with Crippen molar-refractivity contribution in [2.24, 2.45) is 0 Å². The van der Waals surface area contributed by atoms with Crippen molar-refractivity contribution in [3.63, 3.8) is 0 Å². The van der Waals surface area contributed by atoms with Crippen LogP contribution in [0.5, 0.6) is 0 Å². The molecule has 0 N–H and O–H groups in total. The van der Waals surface area contributed by atoms with E-state index >= 15 is 0 Å². The molecule has 0 saturated heterocycles. The summed E-state index contributed by atoms with van der Waals surface area (Å²) in [6, 6.07) is 11.4. The van der Waals surface area contributed by atoms with Crippen molar-refractivity contribution in [1.82, 2.24) is 4.90 Å². The predicted molar refractivity (Wildman–Crippen MR) is 88.1 cm³/mol. The van der Waals surface area contributed by atoms with Crippen LogP contribution in [0, 0.1) is 0 Å². The second kappa shape index (κ2) is 8.89. The van der Waals surface area contributed by atoms with Crippen LogP contribution in [0.2, 0.25) is 0 Å². The van der Waals surface area contributed by atoms with E-state index in [9.17, 15) is 0 Å². The number of hydrogen-bond donors (Lipinski definition) is 1. The minimum atomic E-state index is 0.524. The monoisotopic (exact) mass is 283 g/mol. The van der Waals surface area contributed by atoms with E-state index < -0.39 is 0 Å². The normalized spacial score (nSPS) is 14.7. The molecule has 0 saturated carbocycles. The van der Waals surface area contributed by atoms with Gasteiger partial charge in [0.25, 0.3) is 0 Å². The van der Waals surface area contributed by atoms with Gasteiger partial charge >= 0.3 is 0 Å². The van der Waals surface area contributed by atoms with Gasteiger partial charge in [-0.15, -0.1) is 0 Å². The Labute approximate surface area is 122 Å². The Morgan fingerprint density at radius 2 is 1.94 bits per heavy atom. The minimum Gasteiger partial charge on any atom is -0.303 e. The third kappa shape index (κ3) is 5.25. The topological polar surface area (TPSA) is 3.24 Å². The van der Waals surface area contributed by atoms with Gasteiger partial charge < -0.3 is 4.90 Å². The van der Waals surface area contributed by atoms with E-state index in [1.54, 1.807) is 0 Å². The third-order valence-corrected chi connectivity index (χ3v) is 4.58. The summed E-state index contributed by atoms with van der Waals surface area (Å²) >= 11 is 6.44. The van der Waals surface area contributed by atoms with Crippen molar-refractivity contribution >= 4 is 24.4 Å².